The first kappa shape index (κ1) is 13.4. The highest BCUT2D eigenvalue weighted by molar-refractivity contribution is 5.84. The highest BCUT2D eigenvalue weighted by atomic mass is 15.3. The molecule has 2 N–H and O–H groups in total. The number of rotatable bonds is 2. The van der Waals surface area contributed by atoms with Crippen molar-refractivity contribution >= 4 is 16.9 Å². The molecule has 0 saturated heterocycles. The SMILES string of the molecule is CC.CC(C)C(C)n1ncc2c(N)ncnc21. The van der Waals surface area contributed by atoms with Gasteiger partial charge in [-0.25, -0.2) is 14.6 Å². The van der Waals surface area contributed by atoms with Crippen LogP contribution in [-0.4, -0.2) is 19.7 Å². The zero-order valence-corrected chi connectivity index (χ0v) is 11.2. The molecule has 1 atom stereocenters. The van der Waals surface area contributed by atoms with E-state index in [4.69, 9.17) is 5.73 Å². The number of aromatic nitrogens is 4. The van der Waals surface area contributed by atoms with E-state index < -0.39 is 0 Å². The fourth-order valence-corrected chi connectivity index (χ4v) is 1.46. The third-order valence-corrected chi connectivity index (χ3v) is 2.77. The number of hydrogen-bond acceptors (Lipinski definition) is 4. The van der Waals surface area contributed by atoms with E-state index in [-0.39, 0.29) is 0 Å². The molecule has 0 spiro atoms. The number of nitrogens with zero attached hydrogens (tertiary/aromatic N) is 4. The average molecular weight is 235 g/mol. The lowest BCUT2D eigenvalue weighted by molar-refractivity contribution is 0.383. The molecule has 0 amide bonds. The molecule has 0 fully saturated rings. The van der Waals surface area contributed by atoms with Crippen LogP contribution in [0.3, 0.4) is 0 Å². The van der Waals surface area contributed by atoms with Crippen LogP contribution in [0, 0.1) is 5.92 Å². The molecule has 1 unspecified atom stereocenters. The molecule has 17 heavy (non-hydrogen) atoms. The summed E-state index contributed by atoms with van der Waals surface area (Å²) in [5, 5.41) is 5.14. The zero-order valence-electron chi connectivity index (χ0n) is 11.2. The average Bonchev–Trinajstić information content (AvgIpc) is 2.76. The fourth-order valence-electron chi connectivity index (χ4n) is 1.46. The second kappa shape index (κ2) is 5.61. The maximum Gasteiger partial charge on any atom is 0.163 e. The summed E-state index contributed by atoms with van der Waals surface area (Å²) in [5.74, 6) is 0.992. The molecule has 0 aromatic carbocycles. The summed E-state index contributed by atoms with van der Waals surface area (Å²) in [6.07, 6.45) is 3.20. The van der Waals surface area contributed by atoms with Gasteiger partial charge in [-0.2, -0.15) is 5.10 Å². The van der Waals surface area contributed by atoms with Crippen molar-refractivity contribution in [1.29, 1.82) is 0 Å². The van der Waals surface area contributed by atoms with Gasteiger partial charge in [-0.15, -0.1) is 0 Å². The van der Waals surface area contributed by atoms with Crippen molar-refractivity contribution in [3.63, 3.8) is 0 Å². The molecule has 2 aromatic heterocycles. The van der Waals surface area contributed by atoms with Gasteiger partial charge in [0.1, 0.15) is 12.1 Å². The number of fused-ring (bicyclic) bond motifs is 1. The van der Waals surface area contributed by atoms with E-state index in [1.807, 2.05) is 18.5 Å². The maximum atomic E-state index is 5.74. The largest absolute Gasteiger partial charge is 0.383 e. The molecule has 0 aliphatic rings. The van der Waals surface area contributed by atoms with E-state index in [1.165, 1.54) is 6.33 Å². The fraction of sp³-hybridized carbons (Fsp3) is 0.583. The molecule has 0 bridgehead atoms. The summed E-state index contributed by atoms with van der Waals surface area (Å²) < 4.78 is 1.90. The standard InChI is InChI=1S/C10H15N5.C2H6/c1-6(2)7(3)15-10-8(4-14-15)9(11)12-5-13-10;1-2/h4-7H,1-3H3,(H2,11,12,13);1-2H3. The monoisotopic (exact) mass is 235 g/mol. The topological polar surface area (TPSA) is 69.6 Å². The quantitative estimate of drug-likeness (QED) is 0.868. The van der Waals surface area contributed by atoms with Gasteiger partial charge in [0.05, 0.1) is 17.6 Å². The molecule has 2 aromatic rings. The Kier molecular flexibility index (Phi) is 4.43. The van der Waals surface area contributed by atoms with Crippen molar-refractivity contribution in [2.75, 3.05) is 5.73 Å². The first-order valence-corrected chi connectivity index (χ1v) is 6.05. The van der Waals surface area contributed by atoms with Crippen LogP contribution in [0.25, 0.3) is 11.0 Å². The smallest absolute Gasteiger partial charge is 0.163 e. The Hall–Kier alpha value is -1.65. The van der Waals surface area contributed by atoms with Gasteiger partial charge in [-0.05, 0) is 12.8 Å². The van der Waals surface area contributed by atoms with Crippen LogP contribution >= 0.6 is 0 Å². The van der Waals surface area contributed by atoms with Crippen molar-refractivity contribution in [2.24, 2.45) is 5.92 Å². The number of nitrogens with two attached hydrogens (primary N) is 1. The summed E-state index contributed by atoms with van der Waals surface area (Å²) >= 11 is 0. The first-order valence-electron chi connectivity index (χ1n) is 6.05. The first-order chi connectivity index (χ1) is 8.11. The Balaban J connectivity index is 0.000000686. The Morgan fingerprint density at radius 1 is 1.18 bits per heavy atom. The Morgan fingerprint density at radius 3 is 2.41 bits per heavy atom. The van der Waals surface area contributed by atoms with Crippen LogP contribution in [0.15, 0.2) is 12.5 Å². The molecule has 0 saturated carbocycles. The van der Waals surface area contributed by atoms with Crippen molar-refractivity contribution in [3.05, 3.63) is 12.5 Å². The van der Waals surface area contributed by atoms with Crippen molar-refractivity contribution in [1.82, 2.24) is 19.7 Å². The number of anilines is 1. The van der Waals surface area contributed by atoms with Crippen molar-refractivity contribution < 1.29 is 0 Å². The van der Waals surface area contributed by atoms with Crippen molar-refractivity contribution in [2.45, 2.75) is 40.7 Å². The van der Waals surface area contributed by atoms with Crippen LogP contribution in [0.4, 0.5) is 5.82 Å². The predicted molar refractivity (Wildman–Crippen MR) is 70.6 cm³/mol. The van der Waals surface area contributed by atoms with Gasteiger partial charge in [0.2, 0.25) is 0 Å². The molecule has 94 valence electrons. The van der Waals surface area contributed by atoms with Gasteiger partial charge < -0.3 is 5.73 Å². The zero-order chi connectivity index (χ0) is 13.0. The highest BCUT2D eigenvalue weighted by Crippen LogP contribution is 2.22. The summed E-state index contributed by atoms with van der Waals surface area (Å²) in [4.78, 5) is 8.15. The van der Waals surface area contributed by atoms with Gasteiger partial charge in [-0.1, -0.05) is 27.7 Å². The Morgan fingerprint density at radius 2 is 1.82 bits per heavy atom. The minimum absolute atomic E-state index is 0.303. The van der Waals surface area contributed by atoms with Crippen LogP contribution in [0.2, 0.25) is 0 Å². The minimum Gasteiger partial charge on any atom is -0.383 e. The minimum atomic E-state index is 0.303. The molecule has 2 heterocycles. The molecular formula is C12H21N5. The highest BCUT2D eigenvalue weighted by Gasteiger charge is 2.15. The van der Waals surface area contributed by atoms with Crippen LogP contribution in [0.5, 0.6) is 0 Å². The number of nitrogen functional groups attached to an aromatic ring is 1. The van der Waals surface area contributed by atoms with Crippen LogP contribution in [-0.2, 0) is 0 Å². The molecule has 0 radical (unpaired) electrons. The Labute approximate surface area is 102 Å². The summed E-state index contributed by atoms with van der Waals surface area (Å²) in [6.45, 7) is 10.4. The molecular weight excluding hydrogens is 214 g/mol. The molecule has 5 heteroatoms. The van der Waals surface area contributed by atoms with Crippen molar-refractivity contribution in [3.8, 4) is 0 Å². The van der Waals surface area contributed by atoms with Gasteiger partial charge in [0.25, 0.3) is 0 Å². The lowest BCUT2D eigenvalue weighted by Crippen LogP contribution is -2.13. The van der Waals surface area contributed by atoms with E-state index in [2.05, 4.69) is 35.8 Å². The van der Waals surface area contributed by atoms with E-state index in [1.54, 1.807) is 6.20 Å². The van der Waals surface area contributed by atoms with Crippen LogP contribution < -0.4 is 5.73 Å². The van der Waals surface area contributed by atoms with E-state index in [0.29, 0.717) is 17.8 Å². The second-order valence-corrected chi connectivity index (χ2v) is 4.07. The molecule has 2 rings (SSSR count). The summed E-state index contributed by atoms with van der Waals surface area (Å²) in [6, 6.07) is 0.303. The number of hydrogen-bond donors (Lipinski definition) is 1. The normalized spacial score (nSPS) is 12.4. The third kappa shape index (κ3) is 2.54. The van der Waals surface area contributed by atoms with E-state index in [9.17, 15) is 0 Å². The summed E-state index contributed by atoms with van der Waals surface area (Å²) in [7, 11) is 0. The molecule has 0 aliphatic carbocycles. The molecule has 0 aliphatic heterocycles. The van der Waals surface area contributed by atoms with E-state index in [0.717, 1.165) is 11.0 Å². The van der Waals surface area contributed by atoms with E-state index >= 15 is 0 Å². The third-order valence-electron chi connectivity index (χ3n) is 2.77. The van der Waals surface area contributed by atoms with Gasteiger partial charge in [0, 0.05) is 0 Å². The predicted octanol–water partition coefficient (Wildman–Crippen LogP) is 2.65. The maximum absolute atomic E-state index is 5.74. The van der Waals surface area contributed by atoms with Gasteiger partial charge in [-0.3, -0.25) is 0 Å². The van der Waals surface area contributed by atoms with Gasteiger partial charge >= 0.3 is 0 Å². The summed E-state index contributed by atoms with van der Waals surface area (Å²) in [5.41, 5.74) is 6.55. The van der Waals surface area contributed by atoms with Crippen LogP contribution in [0.1, 0.15) is 40.7 Å². The lowest BCUT2D eigenvalue weighted by atomic mass is 10.1. The molecule has 5 nitrogen and oxygen atoms in total. The second-order valence-electron chi connectivity index (χ2n) is 4.07. The lowest BCUT2D eigenvalue weighted by Gasteiger charge is -2.16. The Bertz CT molecular complexity index is 475. The van der Waals surface area contributed by atoms with Gasteiger partial charge in [0.15, 0.2) is 5.65 Å².